The minimum Gasteiger partial charge on any atom is -0.497 e. The van der Waals surface area contributed by atoms with Gasteiger partial charge in [-0.25, -0.2) is 12.7 Å². The summed E-state index contributed by atoms with van der Waals surface area (Å²) >= 11 is 0. The molecular formula is C23H31NO5S. The molecule has 0 fully saturated rings. The smallest absolute Gasteiger partial charge is 0.311 e. The van der Waals surface area contributed by atoms with Crippen molar-refractivity contribution in [3.05, 3.63) is 53.6 Å². The van der Waals surface area contributed by atoms with E-state index in [1.165, 1.54) is 36.2 Å². The molecule has 2 aromatic rings. The van der Waals surface area contributed by atoms with Crippen LogP contribution in [-0.2, 0) is 20.2 Å². The van der Waals surface area contributed by atoms with Gasteiger partial charge >= 0.3 is 5.97 Å². The predicted molar refractivity (Wildman–Crippen MR) is 118 cm³/mol. The molecule has 0 saturated heterocycles. The molecule has 0 aliphatic carbocycles. The number of ether oxygens (including phenoxy) is 2. The van der Waals surface area contributed by atoms with Crippen molar-refractivity contribution in [3.63, 3.8) is 0 Å². The second kappa shape index (κ2) is 9.62. The molecule has 0 amide bonds. The number of carbonyl (C=O) groups is 1. The van der Waals surface area contributed by atoms with Gasteiger partial charge in [0.1, 0.15) is 11.5 Å². The lowest BCUT2D eigenvalue weighted by molar-refractivity contribution is -0.134. The van der Waals surface area contributed by atoms with Crippen LogP contribution in [0.25, 0.3) is 0 Å². The third-order valence-corrected chi connectivity index (χ3v) is 6.76. The average molecular weight is 434 g/mol. The topological polar surface area (TPSA) is 72.9 Å². The summed E-state index contributed by atoms with van der Waals surface area (Å²) in [5.74, 6) is 0.745. The zero-order chi connectivity index (χ0) is 22.5. The van der Waals surface area contributed by atoms with Crippen LogP contribution in [0, 0.1) is 6.92 Å². The van der Waals surface area contributed by atoms with Gasteiger partial charge in [0.2, 0.25) is 10.0 Å². The molecule has 0 bridgehead atoms. The molecule has 0 atom stereocenters. The summed E-state index contributed by atoms with van der Waals surface area (Å²) in [7, 11) is -0.597. The quantitative estimate of drug-likeness (QED) is 0.458. The summed E-state index contributed by atoms with van der Waals surface area (Å²) in [6.07, 6.45) is 0.493. The highest BCUT2D eigenvalue weighted by molar-refractivity contribution is 7.89. The number of benzene rings is 2. The normalized spacial score (nSPS) is 12.1. The summed E-state index contributed by atoms with van der Waals surface area (Å²) in [4.78, 5) is 12.4. The monoisotopic (exact) mass is 433 g/mol. The van der Waals surface area contributed by atoms with E-state index in [-0.39, 0.29) is 29.2 Å². The van der Waals surface area contributed by atoms with Crippen LogP contribution in [0.1, 0.15) is 44.7 Å². The lowest BCUT2D eigenvalue weighted by atomic mass is 9.86. The molecule has 7 heteroatoms. The fourth-order valence-electron chi connectivity index (χ4n) is 2.90. The van der Waals surface area contributed by atoms with Gasteiger partial charge in [-0.05, 0) is 60.2 Å². The summed E-state index contributed by atoms with van der Waals surface area (Å²) in [5, 5.41) is 0. The van der Waals surface area contributed by atoms with Gasteiger partial charge in [-0.2, -0.15) is 0 Å². The summed E-state index contributed by atoms with van der Waals surface area (Å²) in [5.41, 5.74) is 2.09. The molecule has 2 rings (SSSR count). The van der Waals surface area contributed by atoms with E-state index in [1.54, 1.807) is 12.1 Å². The Bertz CT molecular complexity index is 976. The Hall–Kier alpha value is -2.38. The van der Waals surface area contributed by atoms with Gasteiger partial charge in [0.05, 0.1) is 12.0 Å². The number of hydrogen-bond donors (Lipinski definition) is 0. The highest BCUT2D eigenvalue weighted by Crippen LogP contribution is 2.28. The Balaban J connectivity index is 1.90. The minimum absolute atomic E-state index is 0.0211. The van der Waals surface area contributed by atoms with Crippen molar-refractivity contribution in [2.75, 3.05) is 20.7 Å². The van der Waals surface area contributed by atoms with E-state index in [4.69, 9.17) is 9.47 Å². The highest BCUT2D eigenvalue weighted by atomic mass is 32.2. The maximum atomic E-state index is 12.6. The number of methoxy groups -OCH3 is 1. The van der Waals surface area contributed by atoms with Crippen molar-refractivity contribution in [2.45, 2.75) is 50.8 Å². The van der Waals surface area contributed by atoms with E-state index in [0.717, 1.165) is 5.56 Å². The molecule has 0 radical (unpaired) electrons. The lowest BCUT2D eigenvalue weighted by Gasteiger charge is -2.20. The Morgan fingerprint density at radius 3 is 2.23 bits per heavy atom. The summed E-state index contributed by atoms with van der Waals surface area (Å²) in [6, 6.07) is 12.0. The van der Waals surface area contributed by atoms with E-state index >= 15 is 0 Å². The van der Waals surface area contributed by atoms with Crippen molar-refractivity contribution in [1.82, 2.24) is 4.31 Å². The maximum absolute atomic E-state index is 12.6. The first-order valence-electron chi connectivity index (χ1n) is 9.87. The zero-order valence-electron chi connectivity index (χ0n) is 18.6. The summed E-state index contributed by atoms with van der Waals surface area (Å²) in [6.45, 7) is 8.51. The fraction of sp³-hybridized carbons (Fsp3) is 0.435. The van der Waals surface area contributed by atoms with Crippen LogP contribution in [0.5, 0.6) is 11.5 Å². The van der Waals surface area contributed by atoms with E-state index in [0.29, 0.717) is 17.9 Å². The minimum atomic E-state index is -3.62. The van der Waals surface area contributed by atoms with E-state index in [9.17, 15) is 13.2 Å². The first-order chi connectivity index (χ1) is 13.9. The zero-order valence-corrected chi connectivity index (χ0v) is 19.4. The van der Waals surface area contributed by atoms with Crippen molar-refractivity contribution in [2.24, 2.45) is 0 Å². The molecule has 0 saturated carbocycles. The van der Waals surface area contributed by atoms with Gasteiger partial charge in [0.15, 0.2) is 0 Å². The SMILES string of the molecule is COc1ccc(S(=O)(=O)N(C)CCCC(=O)Oc2ccc(C(C)(C)C)cc2C)cc1. The number of hydrogen-bond acceptors (Lipinski definition) is 5. The molecule has 0 aromatic heterocycles. The van der Waals surface area contributed by atoms with Crippen LogP contribution < -0.4 is 9.47 Å². The van der Waals surface area contributed by atoms with Crippen molar-refractivity contribution in [3.8, 4) is 11.5 Å². The first kappa shape index (κ1) is 23.9. The van der Waals surface area contributed by atoms with Crippen molar-refractivity contribution in [1.29, 1.82) is 0 Å². The Kier molecular flexibility index (Phi) is 7.66. The largest absolute Gasteiger partial charge is 0.497 e. The van der Waals surface area contributed by atoms with Crippen molar-refractivity contribution >= 4 is 16.0 Å². The van der Waals surface area contributed by atoms with Gasteiger partial charge in [-0.1, -0.05) is 32.9 Å². The van der Waals surface area contributed by atoms with Gasteiger partial charge in [-0.3, -0.25) is 4.79 Å². The molecule has 0 aliphatic heterocycles. The third-order valence-electron chi connectivity index (χ3n) is 4.89. The first-order valence-corrected chi connectivity index (χ1v) is 11.3. The Labute approximate surface area is 179 Å². The van der Waals surface area contributed by atoms with E-state index in [1.807, 2.05) is 25.1 Å². The maximum Gasteiger partial charge on any atom is 0.311 e. The number of aryl methyl sites for hydroxylation is 1. The number of esters is 1. The molecule has 30 heavy (non-hydrogen) atoms. The van der Waals surface area contributed by atoms with Crippen molar-refractivity contribution < 1.29 is 22.7 Å². The molecule has 0 N–H and O–H groups in total. The number of rotatable bonds is 8. The standard InChI is InChI=1S/C23H31NO5S/c1-17-16-18(23(2,3)4)9-14-21(17)29-22(25)8-7-15-24(5)30(26,27)20-12-10-19(28-6)11-13-20/h9-14,16H,7-8,15H2,1-6H3. The van der Waals surface area contributed by atoms with E-state index < -0.39 is 10.0 Å². The molecule has 0 aliphatic rings. The second-order valence-electron chi connectivity index (χ2n) is 8.31. The molecular weight excluding hydrogens is 402 g/mol. The predicted octanol–water partition coefficient (Wildman–Crippen LogP) is 4.31. The highest BCUT2D eigenvalue weighted by Gasteiger charge is 2.21. The van der Waals surface area contributed by atoms with Crippen LogP contribution >= 0.6 is 0 Å². The van der Waals surface area contributed by atoms with Gasteiger partial charge in [0.25, 0.3) is 0 Å². The lowest BCUT2D eigenvalue weighted by Crippen LogP contribution is -2.28. The van der Waals surface area contributed by atoms with Gasteiger partial charge < -0.3 is 9.47 Å². The van der Waals surface area contributed by atoms with Crippen LogP contribution in [0.15, 0.2) is 47.4 Å². The second-order valence-corrected chi connectivity index (χ2v) is 10.4. The molecule has 0 unspecified atom stereocenters. The third kappa shape index (κ3) is 6.06. The van der Waals surface area contributed by atoms with Crippen LogP contribution in [0.2, 0.25) is 0 Å². The average Bonchev–Trinajstić information content (AvgIpc) is 2.68. The Morgan fingerprint density at radius 1 is 1.07 bits per heavy atom. The fourth-order valence-corrected chi connectivity index (χ4v) is 4.11. The molecule has 0 spiro atoms. The van der Waals surface area contributed by atoms with Crippen LogP contribution in [0.4, 0.5) is 0 Å². The molecule has 6 nitrogen and oxygen atoms in total. The van der Waals surface area contributed by atoms with E-state index in [2.05, 4.69) is 20.8 Å². The van der Waals surface area contributed by atoms with Gasteiger partial charge in [0, 0.05) is 20.0 Å². The molecule has 2 aromatic carbocycles. The Morgan fingerprint density at radius 2 is 1.70 bits per heavy atom. The number of carbonyl (C=O) groups excluding carboxylic acids is 1. The van der Waals surface area contributed by atoms with Gasteiger partial charge in [-0.15, -0.1) is 0 Å². The molecule has 164 valence electrons. The summed E-state index contributed by atoms with van der Waals surface area (Å²) < 4.78 is 37.0. The molecule has 0 heterocycles. The number of nitrogens with zero attached hydrogens (tertiary/aromatic N) is 1. The van der Waals surface area contributed by atoms with Crippen LogP contribution in [0.3, 0.4) is 0 Å². The number of sulfonamides is 1. The van der Waals surface area contributed by atoms with Crippen LogP contribution in [-0.4, -0.2) is 39.4 Å².